The summed E-state index contributed by atoms with van der Waals surface area (Å²) in [4.78, 5) is 54.1. The zero-order valence-corrected chi connectivity index (χ0v) is 22.5. The van der Waals surface area contributed by atoms with Crippen LogP contribution in [0.15, 0.2) is 42.6 Å². The van der Waals surface area contributed by atoms with E-state index < -0.39 is 35.7 Å². The molecule has 0 fully saturated rings. The number of halogens is 1. The lowest BCUT2D eigenvalue weighted by molar-refractivity contribution is -0.122. The van der Waals surface area contributed by atoms with Crippen LogP contribution in [0.1, 0.15) is 73.0 Å². The second-order valence-corrected chi connectivity index (χ2v) is 10.2. The largest absolute Gasteiger partial charge is 0.479 e. The van der Waals surface area contributed by atoms with Crippen LogP contribution in [0.2, 0.25) is 0 Å². The molecule has 12 nitrogen and oxygen atoms in total. The molecule has 13 heteroatoms. The molecule has 4 aromatic rings. The first-order valence-electron chi connectivity index (χ1n) is 13.2. The number of hydrogen-bond acceptors (Lipinski definition) is 7. The van der Waals surface area contributed by atoms with Gasteiger partial charge in [0, 0.05) is 12.6 Å². The van der Waals surface area contributed by atoms with Crippen LogP contribution in [0.3, 0.4) is 0 Å². The number of hydrogen-bond donors (Lipinski definition) is 4. The Morgan fingerprint density at radius 1 is 1.19 bits per heavy atom. The number of benzene rings is 2. The predicted molar refractivity (Wildman–Crippen MR) is 146 cm³/mol. The molecule has 2 aromatic carbocycles. The highest BCUT2D eigenvalue weighted by atomic mass is 19.1. The fourth-order valence-electron chi connectivity index (χ4n) is 5.35. The third-order valence-electron chi connectivity index (χ3n) is 7.55. The summed E-state index contributed by atoms with van der Waals surface area (Å²) in [5.74, 6) is -2.84. The van der Waals surface area contributed by atoms with Gasteiger partial charge in [-0.05, 0) is 67.1 Å². The van der Waals surface area contributed by atoms with Crippen LogP contribution in [0.4, 0.5) is 10.1 Å². The summed E-state index contributed by atoms with van der Waals surface area (Å²) in [6.07, 6.45) is 1.43. The van der Waals surface area contributed by atoms with Crippen LogP contribution in [0.5, 0.6) is 5.75 Å². The maximum Gasteiger partial charge on any atom is 0.335 e. The van der Waals surface area contributed by atoms with Crippen molar-refractivity contribution in [1.29, 1.82) is 0 Å². The van der Waals surface area contributed by atoms with Crippen molar-refractivity contribution in [3.63, 3.8) is 0 Å². The summed E-state index contributed by atoms with van der Waals surface area (Å²) in [5.41, 5.74) is 3.11. The minimum absolute atomic E-state index is 0.0597. The van der Waals surface area contributed by atoms with E-state index in [1.54, 1.807) is 38.1 Å². The highest BCUT2D eigenvalue weighted by Crippen LogP contribution is 2.35. The Morgan fingerprint density at radius 2 is 2.00 bits per heavy atom. The SMILES string of the molecule is Cc1c(C(=O)O)ccc2c1CC[C@@H]2NC(=O)c1cc(C(=O)NCc2ccc3c(c2)NC(=O)C(C)O3)nc2c(F)cnn12. The Morgan fingerprint density at radius 3 is 2.79 bits per heavy atom. The standard InChI is InChI=1S/C29H25FN6O6/c1-13-16-6-7-20(18(16)5-4-17(13)29(40)41)34-28(39)23-10-22(33-25-19(30)12-32-36(23)25)27(38)31-11-15-3-8-24-21(9-15)35-26(37)14(2)42-24/h3-5,8-10,12,14,20H,6-7,11H2,1-2H3,(H,31,38)(H,34,39)(H,35,37)(H,40,41)/t14?,20-/m0/s1. The number of nitrogens with zero attached hydrogens (tertiary/aromatic N) is 3. The van der Waals surface area contributed by atoms with E-state index >= 15 is 0 Å². The van der Waals surface area contributed by atoms with E-state index in [1.807, 2.05) is 0 Å². The van der Waals surface area contributed by atoms with Crippen molar-refractivity contribution in [3.05, 3.63) is 87.6 Å². The van der Waals surface area contributed by atoms with Crippen molar-refractivity contribution < 1.29 is 33.4 Å². The molecule has 1 aliphatic carbocycles. The number of aromatic carboxylic acids is 1. The van der Waals surface area contributed by atoms with E-state index in [9.17, 15) is 28.7 Å². The highest BCUT2D eigenvalue weighted by Gasteiger charge is 2.29. The van der Waals surface area contributed by atoms with E-state index in [4.69, 9.17) is 4.74 Å². The normalized spacial score (nSPS) is 17.2. The first-order valence-corrected chi connectivity index (χ1v) is 13.2. The summed E-state index contributed by atoms with van der Waals surface area (Å²) in [6.45, 7) is 3.44. The summed E-state index contributed by atoms with van der Waals surface area (Å²) in [5, 5.41) is 21.7. The number of carbonyl (C=O) groups excluding carboxylic acids is 3. The number of carboxylic acids is 1. The number of nitrogens with one attached hydrogen (secondary N) is 3. The molecule has 3 amide bonds. The molecule has 1 unspecified atom stereocenters. The number of carboxylic acid groups (broad SMARTS) is 1. The predicted octanol–water partition coefficient (Wildman–Crippen LogP) is 2.94. The fraction of sp³-hybridized carbons (Fsp3) is 0.241. The molecule has 4 N–H and O–H groups in total. The van der Waals surface area contributed by atoms with E-state index in [1.165, 1.54) is 12.1 Å². The zero-order valence-electron chi connectivity index (χ0n) is 22.5. The van der Waals surface area contributed by atoms with Gasteiger partial charge in [-0.15, -0.1) is 0 Å². The number of amides is 3. The maximum atomic E-state index is 14.5. The van der Waals surface area contributed by atoms with Gasteiger partial charge in [-0.3, -0.25) is 14.4 Å². The van der Waals surface area contributed by atoms with Crippen LogP contribution in [-0.4, -0.2) is 49.5 Å². The van der Waals surface area contributed by atoms with Crippen molar-refractivity contribution in [2.24, 2.45) is 0 Å². The molecule has 0 bridgehead atoms. The Bertz CT molecular complexity index is 1820. The van der Waals surface area contributed by atoms with Gasteiger partial charge in [0.1, 0.15) is 17.1 Å². The van der Waals surface area contributed by atoms with Crippen molar-refractivity contribution in [3.8, 4) is 5.75 Å². The molecular formula is C29H25FN6O6. The van der Waals surface area contributed by atoms with Crippen molar-refractivity contribution in [1.82, 2.24) is 25.2 Å². The molecular weight excluding hydrogens is 547 g/mol. The topological polar surface area (TPSA) is 164 Å². The number of rotatable bonds is 6. The van der Waals surface area contributed by atoms with Gasteiger partial charge in [-0.25, -0.2) is 18.7 Å². The summed E-state index contributed by atoms with van der Waals surface area (Å²) >= 11 is 0. The number of aromatic nitrogens is 3. The molecule has 0 radical (unpaired) electrons. The van der Waals surface area contributed by atoms with Crippen LogP contribution >= 0.6 is 0 Å². The monoisotopic (exact) mass is 572 g/mol. The van der Waals surface area contributed by atoms with Crippen molar-refractivity contribution in [2.75, 3.05) is 5.32 Å². The molecule has 214 valence electrons. The van der Waals surface area contributed by atoms with Gasteiger partial charge in [0.25, 0.3) is 17.7 Å². The van der Waals surface area contributed by atoms with Crippen LogP contribution in [-0.2, 0) is 17.8 Å². The third kappa shape index (κ3) is 4.68. The average molecular weight is 573 g/mol. The quantitative estimate of drug-likeness (QED) is 0.274. The van der Waals surface area contributed by atoms with Gasteiger partial charge in [-0.2, -0.15) is 5.10 Å². The Labute approximate surface area is 237 Å². The lowest BCUT2D eigenvalue weighted by Crippen LogP contribution is -2.34. The van der Waals surface area contributed by atoms with Crippen molar-refractivity contribution in [2.45, 2.75) is 45.4 Å². The minimum Gasteiger partial charge on any atom is -0.479 e. The molecule has 0 saturated heterocycles. The van der Waals surface area contributed by atoms with Gasteiger partial charge in [0.2, 0.25) is 0 Å². The van der Waals surface area contributed by atoms with Crippen molar-refractivity contribution >= 4 is 35.0 Å². The summed E-state index contributed by atoms with van der Waals surface area (Å²) in [6, 6.07) is 9.12. The molecule has 0 spiro atoms. The average Bonchev–Trinajstić information content (AvgIpc) is 3.55. The molecule has 2 atom stereocenters. The molecule has 6 rings (SSSR count). The van der Waals surface area contributed by atoms with Crippen LogP contribution < -0.4 is 20.7 Å². The zero-order chi connectivity index (χ0) is 29.7. The second-order valence-electron chi connectivity index (χ2n) is 10.2. The molecule has 2 aliphatic rings. The smallest absolute Gasteiger partial charge is 0.335 e. The number of carbonyl (C=O) groups is 4. The highest BCUT2D eigenvalue weighted by molar-refractivity contribution is 5.99. The van der Waals surface area contributed by atoms with E-state index in [-0.39, 0.29) is 35.1 Å². The lowest BCUT2D eigenvalue weighted by atomic mass is 9.98. The van der Waals surface area contributed by atoms with Crippen LogP contribution in [0.25, 0.3) is 5.65 Å². The van der Waals surface area contributed by atoms with E-state index in [0.29, 0.717) is 35.4 Å². The first kappa shape index (κ1) is 26.9. The molecule has 42 heavy (non-hydrogen) atoms. The van der Waals surface area contributed by atoms with Gasteiger partial charge < -0.3 is 25.8 Å². The first-order chi connectivity index (χ1) is 20.1. The number of anilines is 1. The summed E-state index contributed by atoms with van der Waals surface area (Å²) < 4.78 is 21.1. The van der Waals surface area contributed by atoms with Gasteiger partial charge in [0.15, 0.2) is 17.6 Å². The second kappa shape index (κ2) is 10.3. The van der Waals surface area contributed by atoms with E-state index in [0.717, 1.165) is 21.8 Å². The third-order valence-corrected chi connectivity index (χ3v) is 7.55. The Kier molecular flexibility index (Phi) is 6.56. The Hall–Kier alpha value is -5.33. The molecule has 0 saturated carbocycles. The van der Waals surface area contributed by atoms with E-state index in [2.05, 4.69) is 26.0 Å². The number of fused-ring (bicyclic) bond motifs is 3. The minimum atomic E-state index is -1.02. The molecule has 2 aromatic heterocycles. The molecule has 3 heterocycles. The lowest BCUT2D eigenvalue weighted by Gasteiger charge is -2.23. The molecule has 1 aliphatic heterocycles. The van der Waals surface area contributed by atoms with Gasteiger partial charge in [-0.1, -0.05) is 12.1 Å². The van der Waals surface area contributed by atoms with Gasteiger partial charge in [0.05, 0.1) is 23.5 Å². The van der Waals surface area contributed by atoms with Crippen LogP contribution in [0, 0.1) is 12.7 Å². The fourth-order valence-corrected chi connectivity index (χ4v) is 5.35. The van der Waals surface area contributed by atoms with Gasteiger partial charge >= 0.3 is 5.97 Å². The summed E-state index contributed by atoms with van der Waals surface area (Å²) in [7, 11) is 0. The maximum absolute atomic E-state index is 14.5. The number of ether oxygens (including phenoxy) is 1. The Balaban J connectivity index is 1.22.